The molecule has 0 atom stereocenters. The summed E-state index contributed by atoms with van der Waals surface area (Å²) in [4.78, 5) is 29.6. The van der Waals surface area contributed by atoms with Crippen molar-refractivity contribution in [2.45, 2.75) is 6.92 Å². The van der Waals surface area contributed by atoms with Crippen LogP contribution in [0.5, 0.6) is 0 Å². The van der Waals surface area contributed by atoms with E-state index >= 15 is 0 Å². The maximum atomic E-state index is 11.9. The Kier molecular flexibility index (Phi) is 5.97. The molecule has 4 rings (SSSR count). The average Bonchev–Trinajstić information content (AvgIpc) is 2.80. The lowest BCUT2D eigenvalue weighted by Gasteiger charge is -2.37. The Labute approximate surface area is 171 Å². The highest BCUT2D eigenvalue weighted by molar-refractivity contribution is 5.68. The highest BCUT2D eigenvalue weighted by Crippen LogP contribution is 2.22. The van der Waals surface area contributed by atoms with Gasteiger partial charge in [-0.2, -0.15) is 0 Å². The molecule has 2 aliphatic heterocycles. The number of rotatable bonds is 4. The summed E-state index contributed by atoms with van der Waals surface area (Å²) in [6, 6.07) is 12.6. The first-order valence-electron chi connectivity index (χ1n) is 10.3. The van der Waals surface area contributed by atoms with Crippen molar-refractivity contribution >= 4 is 23.4 Å². The Balaban J connectivity index is 1.34. The van der Waals surface area contributed by atoms with Crippen molar-refractivity contribution in [3.63, 3.8) is 0 Å². The Morgan fingerprint density at radius 1 is 0.862 bits per heavy atom. The molecular formula is C21H28N6O2. The lowest BCUT2D eigenvalue weighted by atomic mass is 10.2. The SMILES string of the molecule is CCOC(=O)N1CCN(c2cc(N3CCN(c4ccccc4)CC3)ncn2)CC1. The van der Waals surface area contributed by atoms with Gasteiger partial charge in [-0.25, -0.2) is 14.8 Å². The number of amides is 1. The van der Waals surface area contributed by atoms with Crippen LogP contribution in [0.4, 0.5) is 22.1 Å². The highest BCUT2D eigenvalue weighted by Gasteiger charge is 2.24. The Bertz CT molecular complexity index is 802. The van der Waals surface area contributed by atoms with Crippen LogP contribution in [0.3, 0.4) is 0 Å². The first-order valence-corrected chi connectivity index (χ1v) is 10.3. The largest absolute Gasteiger partial charge is 0.450 e. The third-order valence-corrected chi connectivity index (χ3v) is 5.49. The summed E-state index contributed by atoms with van der Waals surface area (Å²) in [6.45, 7) is 8.84. The average molecular weight is 396 g/mol. The number of hydrogen-bond donors (Lipinski definition) is 0. The Morgan fingerprint density at radius 2 is 1.41 bits per heavy atom. The molecule has 0 spiro atoms. The number of anilines is 3. The van der Waals surface area contributed by atoms with Crippen molar-refractivity contribution < 1.29 is 9.53 Å². The fourth-order valence-corrected chi connectivity index (χ4v) is 3.85. The zero-order valence-corrected chi connectivity index (χ0v) is 16.9. The first-order chi connectivity index (χ1) is 14.2. The number of nitrogens with zero attached hydrogens (tertiary/aromatic N) is 6. The molecule has 3 heterocycles. The van der Waals surface area contributed by atoms with Crippen LogP contribution in [-0.2, 0) is 4.74 Å². The summed E-state index contributed by atoms with van der Waals surface area (Å²) < 4.78 is 5.09. The second-order valence-electron chi connectivity index (χ2n) is 7.22. The maximum absolute atomic E-state index is 11.9. The van der Waals surface area contributed by atoms with Crippen molar-refractivity contribution in [2.24, 2.45) is 0 Å². The number of aromatic nitrogens is 2. The van der Waals surface area contributed by atoms with Gasteiger partial charge in [0.1, 0.15) is 18.0 Å². The van der Waals surface area contributed by atoms with Crippen LogP contribution >= 0.6 is 0 Å². The van der Waals surface area contributed by atoms with Crippen molar-refractivity contribution in [1.82, 2.24) is 14.9 Å². The van der Waals surface area contributed by atoms with Crippen molar-refractivity contribution in [2.75, 3.05) is 73.7 Å². The summed E-state index contributed by atoms with van der Waals surface area (Å²) in [6.07, 6.45) is 1.41. The van der Waals surface area contributed by atoms with Gasteiger partial charge in [-0.05, 0) is 19.1 Å². The molecule has 8 heteroatoms. The molecule has 2 aromatic rings. The number of hydrogen-bond acceptors (Lipinski definition) is 7. The number of benzene rings is 1. The van der Waals surface area contributed by atoms with Gasteiger partial charge in [-0.1, -0.05) is 18.2 Å². The smallest absolute Gasteiger partial charge is 0.409 e. The number of carbonyl (C=O) groups is 1. The predicted octanol–water partition coefficient (Wildman–Crippen LogP) is 2.08. The second-order valence-corrected chi connectivity index (χ2v) is 7.22. The fourth-order valence-electron chi connectivity index (χ4n) is 3.85. The summed E-state index contributed by atoms with van der Waals surface area (Å²) in [5.74, 6) is 1.89. The van der Waals surface area contributed by atoms with E-state index in [4.69, 9.17) is 4.74 Å². The van der Waals surface area contributed by atoms with E-state index < -0.39 is 0 Å². The molecule has 154 valence electrons. The van der Waals surface area contributed by atoms with Gasteiger partial charge in [0.2, 0.25) is 0 Å². The Morgan fingerprint density at radius 3 is 2.00 bits per heavy atom. The summed E-state index contributed by atoms with van der Waals surface area (Å²) >= 11 is 0. The quantitative estimate of drug-likeness (QED) is 0.784. The van der Waals surface area contributed by atoms with Gasteiger partial charge < -0.3 is 24.3 Å². The fraction of sp³-hybridized carbons (Fsp3) is 0.476. The lowest BCUT2D eigenvalue weighted by molar-refractivity contribution is 0.105. The van der Waals surface area contributed by atoms with Gasteiger partial charge in [0.25, 0.3) is 0 Å². The molecule has 8 nitrogen and oxygen atoms in total. The van der Waals surface area contributed by atoms with Gasteiger partial charge in [-0.15, -0.1) is 0 Å². The molecule has 1 amide bonds. The molecule has 2 fully saturated rings. The number of para-hydroxylation sites is 1. The highest BCUT2D eigenvalue weighted by atomic mass is 16.6. The molecular weight excluding hydrogens is 368 g/mol. The third-order valence-electron chi connectivity index (χ3n) is 5.49. The molecule has 0 saturated carbocycles. The predicted molar refractivity (Wildman–Crippen MR) is 114 cm³/mol. The van der Waals surface area contributed by atoms with Crippen LogP contribution in [0.2, 0.25) is 0 Å². The summed E-state index contributed by atoms with van der Waals surface area (Å²) in [7, 11) is 0. The molecule has 2 aliphatic rings. The number of carbonyl (C=O) groups excluding carboxylic acids is 1. The Hall–Kier alpha value is -3.03. The molecule has 0 N–H and O–H groups in total. The summed E-state index contributed by atoms with van der Waals surface area (Å²) in [5, 5.41) is 0. The topological polar surface area (TPSA) is 65.0 Å². The van der Waals surface area contributed by atoms with E-state index in [1.165, 1.54) is 5.69 Å². The molecule has 2 saturated heterocycles. The minimum atomic E-state index is -0.230. The van der Waals surface area contributed by atoms with Crippen LogP contribution in [-0.4, -0.2) is 79.9 Å². The number of ether oxygens (including phenoxy) is 1. The van der Waals surface area contributed by atoms with Crippen LogP contribution in [0, 0.1) is 0 Å². The molecule has 1 aromatic carbocycles. The third kappa shape index (κ3) is 4.52. The van der Waals surface area contributed by atoms with E-state index in [2.05, 4.69) is 61.1 Å². The minimum Gasteiger partial charge on any atom is -0.450 e. The normalized spacial score (nSPS) is 17.4. The van der Waals surface area contributed by atoms with Gasteiger partial charge >= 0.3 is 6.09 Å². The van der Waals surface area contributed by atoms with E-state index in [0.717, 1.165) is 50.9 Å². The van der Waals surface area contributed by atoms with Crippen LogP contribution in [0.25, 0.3) is 0 Å². The lowest BCUT2D eigenvalue weighted by Crippen LogP contribution is -2.49. The van der Waals surface area contributed by atoms with E-state index in [1.54, 1.807) is 11.2 Å². The van der Waals surface area contributed by atoms with E-state index in [1.807, 2.05) is 6.92 Å². The molecule has 29 heavy (non-hydrogen) atoms. The van der Waals surface area contributed by atoms with E-state index in [0.29, 0.717) is 19.7 Å². The van der Waals surface area contributed by atoms with E-state index in [9.17, 15) is 4.79 Å². The van der Waals surface area contributed by atoms with Gasteiger partial charge in [0.15, 0.2) is 0 Å². The van der Waals surface area contributed by atoms with Crippen LogP contribution < -0.4 is 14.7 Å². The van der Waals surface area contributed by atoms with Gasteiger partial charge in [0.05, 0.1) is 6.61 Å². The molecule has 0 aliphatic carbocycles. The molecule has 0 unspecified atom stereocenters. The second kappa shape index (κ2) is 8.98. The molecule has 1 aromatic heterocycles. The van der Waals surface area contributed by atoms with Crippen molar-refractivity contribution in [3.05, 3.63) is 42.7 Å². The molecule has 0 bridgehead atoms. The standard InChI is InChI=1S/C21H28N6O2/c1-2-29-21(28)27-14-12-26(13-15-27)20-16-19(22-17-23-20)25-10-8-24(9-11-25)18-6-4-3-5-7-18/h3-7,16-17H,2,8-15H2,1H3. The zero-order valence-electron chi connectivity index (χ0n) is 16.9. The number of piperazine rings is 2. The summed E-state index contributed by atoms with van der Waals surface area (Å²) in [5.41, 5.74) is 1.27. The van der Waals surface area contributed by atoms with Crippen molar-refractivity contribution in [3.8, 4) is 0 Å². The van der Waals surface area contributed by atoms with Crippen molar-refractivity contribution in [1.29, 1.82) is 0 Å². The molecule has 0 radical (unpaired) electrons. The minimum absolute atomic E-state index is 0.230. The first kappa shape index (κ1) is 19.3. The maximum Gasteiger partial charge on any atom is 0.409 e. The van der Waals surface area contributed by atoms with Crippen LogP contribution in [0.15, 0.2) is 42.7 Å². The van der Waals surface area contributed by atoms with E-state index in [-0.39, 0.29) is 6.09 Å². The van der Waals surface area contributed by atoms with Gasteiger partial charge in [-0.3, -0.25) is 0 Å². The zero-order chi connectivity index (χ0) is 20.1. The van der Waals surface area contributed by atoms with Gasteiger partial charge in [0, 0.05) is 64.1 Å². The monoisotopic (exact) mass is 396 g/mol. The van der Waals surface area contributed by atoms with Crippen LogP contribution in [0.1, 0.15) is 6.92 Å².